The topological polar surface area (TPSA) is 52.3 Å². The fourth-order valence-corrected chi connectivity index (χ4v) is 2.44. The number of nitrogen functional groups attached to an aromatic ring is 1. The Morgan fingerprint density at radius 2 is 2.25 bits per heavy atom. The van der Waals surface area contributed by atoms with Crippen molar-refractivity contribution < 1.29 is 9.53 Å². The van der Waals surface area contributed by atoms with Crippen LogP contribution in [0.2, 0.25) is 0 Å². The van der Waals surface area contributed by atoms with Crippen LogP contribution in [-0.2, 0) is 9.53 Å². The molecule has 0 saturated carbocycles. The Bertz CT molecular complexity index is 379. The van der Waals surface area contributed by atoms with Gasteiger partial charge in [0.15, 0.2) is 0 Å². The molecule has 0 aliphatic carbocycles. The van der Waals surface area contributed by atoms with Crippen LogP contribution in [0, 0.1) is 6.92 Å². The van der Waals surface area contributed by atoms with Gasteiger partial charge in [0, 0.05) is 15.8 Å². The molecule has 1 atom stereocenters. The van der Waals surface area contributed by atoms with E-state index in [9.17, 15) is 4.79 Å². The Balaban J connectivity index is 2.66. The van der Waals surface area contributed by atoms with E-state index >= 15 is 0 Å². The molecule has 0 radical (unpaired) electrons. The lowest BCUT2D eigenvalue weighted by Gasteiger charge is -2.12. The van der Waals surface area contributed by atoms with E-state index in [4.69, 9.17) is 5.73 Å². The van der Waals surface area contributed by atoms with Crippen molar-refractivity contribution in [3.05, 3.63) is 23.8 Å². The van der Waals surface area contributed by atoms with Gasteiger partial charge in [0.05, 0.1) is 13.5 Å². The van der Waals surface area contributed by atoms with Crippen LogP contribution in [0.4, 0.5) is 5.69 Å². The van der Waals surface area contributed by atoms with Crippen LogP contribution in [0.3, 0.4) is 0 Å². The lowest BCUT2D eigenvalue weighted by molar-refractivity contribution is -0.140. The van der Waals surface area contributed by atoms with Crippen LogP contribution >= 0.6 is 11.8 Å². The third-order valence-electron chi connectivity index (χ3n) is 2.34. The fourth-order valence-electron chi connectivity index (χ4n) is 1.34. The minimum absolute atomic E-state index is 0.179. The molecule has 1 unspecified atom stereocenters. The molecule has 4 heteroatoms. The van der Waals surface area contributed by atoms with E-state index in [1.807, 2.05) is 32.0 Å². The first-order valence-corrected chi connectivity index (χ1v) is 6.01. The molecule has 2 N–H and O–H groups in total. The molecule has 0 bridgehead atoms. The summed E-state index contributed by atoms with van der Waals surface area (Å²) in [6.45, 7) is 3.99. The van der Waals surface area contributed by atoms with Crippen molar-refractivity contribution >= 4 is 23.4 Å². The second-order valence-electron chi connectivity index (χ2n) is 3.68. The maximum Gasteiger partial charge on any atom is 0.306 e. The molecule has 3 nitrogen and oxygen atoms in total. The van der Waals surface area contributed by atoms with Gasteiger partial charge in [0.1, 0.15) is 0 Å². The monoisotopic (exact) mass is 239 g/mol. The highest BCUT2D eigenvalue weighted by molar-refractivity contribution is 8.00. The van der Waals surface area contributed by atoms with E-state index in [0.29, 0.717) is 6.42 Å². The Labute approximate surface area is 100 Å². The zero-order valence-electron chi connectivity index (χ0n) is 9.82. The van der Waals surface area contributed by atoms with Crippen LogP contribution in [0.5, 0.6) is 0 Å². The molecule has 16 heavy (non-hydrogen) atoms. The van der Waals surface area contributed by atoms with Gasteiger partial charge in [0.25, 0.3) is 0 Å². The first-order valence-electron chi connectivity index (χ1n) is 5.13. The number of methoxy groups -OCH3 is 1. The quantitative estimate of drug-likeness (QED) is 0.498. The summed E-state index contributed by atoms with van der Waals surface area (Å²) in [5.74, 6) is -0.179. The lowest BCUT2D eigenvalue weighted by Crippen LogP contribution is -2.08. The van der Waals surface area contributed by atoms with Crippen LogP contribution < -0.4 is 5.73 Å². The molecule has 0 saturated heterocycles. The number of hydrogen-bond donors (Lipinski definition) is 1. The van der Waals surface area contributed by atoms with Gasteiger partial charge in [0.2, 0.25) is 0 Å². The molecule has 0 spiro atoms. The van der Waals surface area contributed by atoms with E-state index in [1.54, 1.807) is 11.8 Å². The molecule has 0 aromatic heterocycles. The molecular weight excluding hydrogens is 222 g/mol. The smallest absolute Gasteiger partial charge is 0.306 e. The van der Waals surface area contributed by atoms with Gasteiger partial charge >= 0.3 is 5.97 Å². The summed E-state index contributed by atoms with van der Waals surface area (Å²) in [4.78, 5) is 12.2. The van der Waals surface area contributed by atoms with Crippen LogP contribution in [0.1, 0.15) is 18.9 Å². The highest BCUT2D eigenvalue weighted by Gasteiger charge is 2.12. The molecule has 0 fully saturated rings. The summed E-state index contributed by atoms with van der Waals surface area (Å²) in [6, 6.07) is 5.82. The summed E-state index contributed by atoms with van der Waals surface area (Å²) in [5.41, 5.74) is 7.68. The van der Waals surface area contributed by atoms with Crippen molar-refractivity contribution in [3.8, 4) is 0 Å². The number of hydrogen-bond acceptors (Lipinski definition) is 4. The standard InChI is InChI=1S/C12H17NO2S/c1-8(7-12(14)15-3)16-11-6-4-5-10(13)9(11)2/h4-6,8H,7,13H2,1-3H3. The number of rotatable bonds is 4. The van der Waals surface area contributed by atoms with Crippen molar-refractivity contribution in [3.63, 3.8) is 0 Å². The Morgan fingerprint density at radius 3 is 2.88 bits per heavy atom. The number of thioether (sulfide) groups is 1. The molecule has 1 aromatic rings. The summed E-state index contributed by atoms with van der Waals surface area (Å²) in [7, 11) is 1.41. The first kappa shape index (κ1) is 12.9. The number of esters is 1. The van der Waals surface area contributed by atoms with Crippen molar-refractivity contribution in [2.75, 3.05) is 12.8 Å². The summed E-state index contributed by atoms with van der Waals surface area (Å²) in [6.07, 6.45) is 0.412. The second kappa shape index (κ2) is 5.80. The van der Waals surface area contributed by atoms with E-state index in [2.05, 4.69) is 4.74 Å². The fraction of sp³-hybridized carbons (Fsp3) is 0.417. The Hall–Kier alpha value is -1.16. The average Bonchev–Trinajstić information content (AvgIpc) is 2.24. The second-order valence-corrected chi connectivity index (χ2v) is 5.16. The van der Waals surface area contributed by atoms with E-state index < -0.39 is 0 Å². The summed E-state index contributed by atoms with van der Waals surface area (Å²) >= 11 is 1.65. The number of anilines is 1. The zero-order valence-corrected chi connectivity index (χ0v) is 10.6. The van der Waals surface area contributed by atoms with E-state index in [1.165, 1.54) is 7.11 Å². The normalized spacial score (nSPS) is 12.2. The number of carbonyl (C=O) groups excluding carboxylic acids is 1. The van der Waals surface area contributed by atoms with Crippen LogP contribution in [0.25, 0.3) is 0 Å². The SMILES string of the molecule is COC(=O)CC(C)Sc1cccc(N)c1C. The van der Waals surface area contributed by atoms with Crippen LogP contribution in [-0.4, -0.2) is 18.3 Å². The number of benzene rings is 1. The third-order valence-corrected chi connectivity index (χ3v) is 3.60. The molecule has 0 heterocycles. The maximum absolute atomic E-state index is 11.1. The highest BCUT2D eigenvalue weighted by atomic mass is 32.2. The minimum atomic E-state index is -0.179. The van der Waals surface area contributed by atoms with E-state index in [-0.39, 0.29) is 11.2 Å². The molecule has 88 valence electrons. The van der Waals surface area contributed by atoms with Gasteiger partial charge < -0.3 is 10.5 Å². The van der Waals surface area contributed by atoms with Gasteiger partial charge in [-0.1, -0.05) is 13.0 Å². The van der Waals surface area contributed by atoms with Gasteiger partial charge in [-0.3, -0.25) is 4.79 Å². The highest BCUT2D eigenvalue weighted by Crippen LogP contribution is 2.30. The molecule has 1 aromatic carbocycles. The molecule has 0 aliphatic rings. The Kier molecular flexibility index (Phi) is 4.68. The average molecular weight is 239 g/mol. The van der Waals surface area contributed by atoms with Crippen molar-refractivity contribution in [1.82, 2.24) is 0 Å². The molecule has 1 rings (SSSR count). The predicted molar refractivity (Wildman–Crippen MR) is 67.5 cm³/mol. The summed E-state index contributed by atoms with van der Waals surface area (Å²) in [5, 5.41) is 0.188. The largest absolute Gasteiger partial charge is 0.469 e. The van der Waals surface area contributed by atoms with Crippen LogP contribution in [0.15, 0.2) is 23.1 Å². The maximum atomic E-state index is 11.1. The van der Waals surface area contributed by atoms with E-state index in [0.717, 1.165) is 16.1 Å². The lowest BCUT2D eigenvalue weighted by atomic mass is 10.2. The first-order chi connectivity index (χ1) is 7.54. The predicted octanol–water partition coefficient (Wildman–Crippen LogP) is 2.62. The van der Waals surface area contributed by atoms with Gasteiger partial charge in [-0.25, -0.2) is 0 Å². The zero-order chi connectivity index (χ0) is 12.1. The number of ether oxygens (including phenoxy) is 1. The minimum Gasteiger partial charge on any atom is -0.469 e. The van der Waals surface area contributed by atoms with Crippen molar-refractivity contribution in [1.29, 1.82) is 0 Å². The number of carbonyl (C=O) groups is 1. The molecule has 0 aliphatic heterocycles. The van der Waals surface area contributed by atoms with Crippen molar-refractivity contribution in [2.45, 2.75) is 30.4 Å². The van der Waals surface area contributed by atoms with Gasteiger partial charge in [-0.05, 0) is 24.6 Å². The number of nitrogens with two attached hydrogens (primary N) is 1. The summed E-state index contributed by atoms with van der Waals surface area (Å²) < 4.78 is 4.64. The molecule has 0 amide bonds. The van der Waals surface area contributed by atoms with Gasteiger partial charge in [-0.15, -0.1) is 11.8 Å². The third kappa shape index (κ3) is 3.45. The van der Waals surface area contributed by atoms with Crippen molar-refractivity contribution in [2.24, 2.45) is 0 Å². The Morgan fingerprint density at radius 1 is 1.56 bits per heavy atom. The molecular formula is C12H17NO2S. The van der Waals surface area contributed by atoms with Gasteiger partial charge in [-0.2, -0.15) is 0 Å².